The van der Waals surface area contributed by atoms with Crippen molar-refractivity contribution in [3.8, 4) is 0 Å². The molecule has 4 N–H and O–H groups in total. The van der Waals surface area contributed by atoms with E-state index < -0.39 is 0 Å². The Morgan fingerprint density at radius 1 is 1.10 bits per heavy atom. The van der Waals surface area contributed by atoms with Crippen LogP contribution in [0.4, 0.5) is 0 Å². The fourth-order valence-corrected chi connectivity index (χ4v) is 3.10. The highest BCUT2D eigenvalue weighted by Gasteiger charge is 2.36. The molecule has 2 aliphatic carbocycles. The summed E-state index contributed by atoms with van der Waals surface area (Å²) in [6, 6.07) is 0.415. The number of nitrogens with one attached hydrogen (secondary N) is 2. The van der Waals surface area contributed by atoms with Gasteiger partial charge < -0.3 is 16.4 Å². The first-order valence-electron chi connectivity index (χ1n) is 8.44. The van der Waals surface area contributed by atoms with Gasteiger partial charge in [0.05, 0.1) is 5.41 Å². The summed E-state index contributed by atoms with van der Waals surface area (Å²) in [5.41, 5.74) is 5.53. The second-order valence-corrected chi connectivity index (χ2v) is 6.60. The summed E-state index contributed by atoms with van der Waals surface area (Å²) in [5, 5.41) is 5.96. The van der Waals surface area contributed by atoms with Crippen molar-refractivity contribution in [3.05, 3.63) is 0 Å². The molecule has 0 aromatic carbocycles. The Balaban J connectivity index is 1.67. The molecule has 0 aromatic heterocycles. The van der Waals surface area contributed by atoms with Gasteiger partial charge in [0, 0.05) is 25.6 Å². The van der Waals surface area contributed by atoms with Crippen molar-refractivity contribution in [2.75, 3.05) is 13.1 Å². The van der Waals surface area contributed by atoms with E-state index in [1.807, 2.05) is 0 Å². The standard InChI is InChI=1S/C16H29N3O2/c17-12-16(9-3-1-2-4-10-16)15(21)18-11-5-6-14(20)19-13-7-8-13/h13H,1-12,17H2,(H,18,21)(H,19,20). The van der Waals surface area contributed by atoms with Gasteiger partial charge in [-0.15, -0.1) is 0 Å². The van der Waals surface area contributed by atoms with Crippen LogP contribution in [0.2, 0.25) is 0 Å². The second kappa shape index (κ2) is 7.78. The van der Waals surface area contributed by atoms with E-state index in [1.165, 1.54) is 12.8 Å². The van der Waals surface area contributed by atoms with Gasteiger partial charge in [-0.25, -0.2) is 0 Å². The Hall–Kier alpha value is -1.10. The summed E-state index contributed by atoms with van der Waals surface area (Å²) in [4.78, 5) is 24.0. The molecule has 0 aromatic rings. The molecule has 0 heterocycles. The maximum Gasteiger partial charge on any atom is 0.227 e. The van der Waals surface area contributed by atoms with Crippen LogP contribution in [0.25, 0.3) is 0 Å². The van der Waals surface area contributed by atoms with E-state index in [-0.39, 0.29) is 17.2 Å². The minimum absolute atomic E-state index is 0.0921. The number of carbonyl (C=O) groups excluding carboxylic acids is 2. The minimum Gasteiger partial charge on any atom is -0.356 e. The molecular formula is C16H29N3O2. The predicted octanol–water partition coefficient (Wildman–Crippen LogP) is 1.46. The summed E-state index contributed by atoms with van der Waals surface area (Å²) < 4.78 is 0. The Kier molecular flexibility index (Phi) is 6.03. The van der Waals surface area contributed by atoms with Crippen molar-refractivity contribution in [2.24, 2.45) is 11.1 Å². The molecule has 0 atom stereocenters. The lowest BCUT2D eigenvalue weighted by Gasteiger charge is -2.29. The normalized spacial score (nSPS) is 21.4. The molecule has 0 saturated heterocycles. The number of carbonyl (C=O) groups is 2. The monoisotopic (exact) mass is 295 g/mol. The predicted molar refractivity (Wildman–Crippen MR) is 82.6 cm³/mol. The fourth-order valence-electron chi connectivity index (χ4n) is 3.10. The third-order valence-electron chi connectivity index (χ3n) is 4.74. The quantitative estimate of drug-likeness (QED) is 0.491. The molecule has 2 rings (SSSR count). The van der Waals surface area contributed by atoms with Crippen LogP contribution in [0.1, 0.15) is 64.2 Å². The van der Waals surface area contributed by atoms with Crippen molar-refractivity contribution in [1.82, 2.24) is 10.6 Å². The first-order chi connectivity index (χ1) is 10.2. The van der Waals surface area contributed by atoms with Crippen LogP contribution >= 0.6 is 0 Å². The van der Waals surface area contributed by atoms with E-state index in [2.05, 4.69) is 10.6 Å². The van der Waals surface area contributed by atoms with Crippen molar-refractivity contribution in [3.63, 3.8) is 0 Å². The molecule has 5 nitrogen and oxygen atoms in total. The van der Waals surface area contributed by atoms with E-state index in [0.717, 1.165) is 38.5 Å². The third kappa shape index (κ3) is 4.99. The lowest BCUT2D eigenvalue weighted by atomic mass is 9.79. The molecule has 0 bridgehead atoms. The van der Waals surface area contributed by atoms with Crippen LogP contribution in [0, 0.1) is 5.41 Å². The van der Waals surface area contributed by atoms with Gasteiger partial charge in [-0.3, -0.25) is 9.59 Å². The van der Waals surface area contributed by atoms with Crippen LogP contribution in [0.15, 0.2) is 0 Å². The molecule has 2 amide bonds. The molecule has 2 saturated carbocycles. The van der Waals surface area contributed by atoms with Crippen LogP contribution in [0.3, 0.4) is 0 Å². The Morgan fingerprint density at radius 3 is 2.33 bits per heavy atom. The van der Waals surface area contributed by atoms with E-state index >= 15 is 0 Å². The lowest BCUT2D eigenvalue weighted by Crippen LogP contribution is -2.46. The van der Waals surface area contributed by atoms with Crippen molar-refractivity contribution < 1.29 is 9.59 Å². The summed E-state index contributed by atoms with van der Waals surface area (Å²) in [7, 11) is 0. The molecule has 0 unspecified atom stereocenters. The number of hydrogen-bond acceptors (Lipinski definition) is 3. The van der Waals surface area contributed by atoms with Gasteiger partial charge in [-0.1, -0.05) is 25.7 Å². The highest BCUT2D eigenvalue weighted by Crippen LogP contribution is 2.34. The molecular weight excluding hydrogens is 266 g/mol. The maximum absolute atomic E-state index is 12.4. The summed E-state index contributed by atoms with van der Waals surface area (Å²) in [6.07, 6.45) is 9.81. The smallest absolute Gasteiger partial charge is 0.227 e. The highest BCUT2D eigenvalue weighted by atomic mass is 16.2. The van der Waals surface area contributed by atoms with Gasteiger partial charge in [0.2, 0.25) is 11.8 Å². The van der Waals surface area contributed by atoms with Crippen molar-refractivity contribution in [1.29, 1.82) is 0 Å². The topological polar surface area (TPSA) is 84.2 Å². The molecule has 21 heavy (non-hydrogen) atoms. The fraction of sp³-hybridized carbons (Fsp3) is 0.875. The zero-order valence-corrected chi connectivity index (χ0v) is 13.0. The van der Waals surface area contributed by atoms with Gasteiger partial charge in [-0.05, 0) is 32.1 Å². The zero-order valence-electron chi connectivity index (χ0n) is 13.0. The van der Waals surface area contributed by atoms with Gasteiger partial charge in [-0.2, -0.15) is 0 Å². The number of nitrogens with two attached hydrogens (primary N) is 1. The lowest BCUT2D eigenvalue weighted by molar-refractivity contribution is -0.131. The molecule has 0 radical (unpaired) electrons. The molecule has 0 aliphatic heterocycles. The largest absolute Gasteiger partial charge is 0.356 e. The van der Waals surface area contributed by atoms with E-state index in [1.54, 1.807) is 0 Å². The summed E-state index contributed by atoms with van der Waals surface area (Å²) >= 11 is 0. The number of rotatable bonds is 7. The zero-order chi connectivity index (χ0) is 15.1. The van der Waals surface area contributed by atoms with E-state index in [0.29, 0.717) is 32.0 Å². The van der Waals surface area contributed by atoms with Crippen molar-refractivity contribution >= 4 is 11.8 Å². The average Bonchev–Trinajstić information content (AvgIpc) is 3.30. The SMILES string of the molecule is NCC1(C(=O)NCCCC(=O)NC2CC2)CCCCCC1. The van der Waals surface area contributed by atoms with E-state index in [4.69, 9.17) is 5.73 Å². The Morgan fingerprint density at radius 2 is 1.76 bits per heavy atom. The number of hydrogen-bond donors (Lipinski definition) is 3. The Bertz CT molecular complexity index is 359. The molecule has 0 spiro atoms. The van der Waals surface area contributed by atoms with Crippen LogP contribution in [0.5, 0.6) is 0 Å². The van der Waals surface area contributed by atoms with E-state index in [9.17, 15) is 9.59 Å². The summed E-state index contributed by atoms with van der Waals surface area (Å²) in [6.45, 7) is 1.000. The molecule has 5 heteroatoms. The van der Waals surface area contributed by atoms with Crippen LogP contribution in [-0.2, 0) is 9.59 Å². The molecule has 2 fully saturated rings. The maximum atomic E-state index is 12.4. The Labute approximate surface area is 127 Å². The van der Waals surface area contributed by atoms with Crippen molar-refractivity contribution in [2.45, 2.75) is 70.3 Å². The highest BCUT2D eigenvalue weighted by molar-refractivity contribution is 5.83. The first-order valence-corrected chi connectivity index (χ1v) is 8.44. The second-order valence-electron chi connectivity index (χ2n) is 6.60. The van der Waals surface area contributed by atoms with Crippen LogP contribution < -0.4 is 16.4 Å². The van der Waals surface area contributed by atoms with Crippen LogP contribution in [-0.4, -0.2) is 30.9 Å². The molecule has 120 valence electrons. The van der Waals surface area contributed by atoms with Gasteiger partial charge in [0.1, 0.15) is 0 Å². The minimum atomic E-state index is -0.368. The van der Waals surface area contributed by atoms with Gasteiger partial charge in [0.15, 0.2) is 0 Å². The average molecular weight is 295 g/mol. The van der Waals surface area contributed by atoms with Gasteiger partial charge >= 0.3 is 0 Å². The third-order valence-corrected chi connectivity index (χ3v) is 4.74. The number of amides is 2. The molecule has 2 aliphatic rings. The summed E-state index contributed by atoms with van der Waals surface area (Å²) in [5.74, 6) is 0.198. The first kappa shape index (κ1) is 16.3. The van der Waals surface area contributed by atoms with Gasteiger partial charge in [0.25, 0.3) is 0 Å².